The molecule has 15 heavy (non-hydrogen) atoms. The summed E-state index contributed by atoms with van der Waals surface area (Å²) in [6.07, 6.45) is 0.966. The van der Waals surface area contributed by atoms with Gasteiger partial charge in [0.1, 0.15) is 0 Å². The van der Waals surface area contributed by atoms with Gasteiger partial charge in [-0.3, -0.25) is 4.79 Å². The largest absolute Gasteiger partial charge is 0.358 e. The van der Waals surface area contributed by atoms with Gasteiger partial charge in [0, 0.05) is 13.6 Å². The highest BCUT2D eigenvalue weighted by Crippen LogP contribution is 2.23. The zero-order valence-corrected chi connectivity index (χ0v) is 11.1. The predicted molar refractivity (Wildman–Crippen MR) is 64.2 cm³/mol. The van der Waals surface area contributed by atoms with Gasteiger partial charge in [-0.15, -0.1) is 10.2 Å². The van der Waals surface area contributed by atoms with Crippen molar-refractivity contribution in [1.29, 1.82) is 0 Å². The van der Waals surface area contributed by atoms with E-state index in [9.17, 15) is 4.79 Å². The van der Waals surface area contributed by atoms with Crippen molar-refractivity contribution in [2.75, 3.05) is 25.0 Å². The number of halogens is 1. The predicted octanol–water partition coefficient (Wildman–Crippen LogP) is 1.26. The Morgan fingerprint density at radius 2 is 2.33 bits per heavy atom. The Balaban J connectivity index is 2.69. The van der Waals surface area contributed by atoms with E-state index in [1.54, 1.807) is 7.05 Å². The molecule has 1 heterocycles. The first kappa shape index (κ1) is 12.4. The summed E-state index contributed by atoms with van der Waals surface area (Å²) < 4.78 is 0.732. The van der Waals surface area contributed by atoms with Crippen molar-refractivity contribution < 1.29 is 4.79 Å². The third-order valence-corrected chi connectivity index (χ3v) is 3.18. The molecule has 0 aromatic carbocycles. The van der Waals surface area contributed by atoms with Crippen LogP contribution < -0.4 is 10.2 Å². The summed E-state index contributed by atoms with van der Waals surface area (Å²) >= 11 is 4.68. The molecule has 1 aromatic rings. The molecule has 84 valence electrons. The Morgan fingerprint density at radius 3 is 2.80 bits per heavy atom. The van der Waals surface area contributed by atoms with E-state index in [0.29, 0.717) is 6.54 Å². The summed E-state index contributed by atoms with van der Waals surface area (Å²) in [5.41, 5.74) is 0. The SMILES string of the molecule is CCCN(CC(=O)NC)c1nnc(Br)s1. The maximum atomic E-state index is 11.3. The molecule has 0 atom stereocenters. The zero-order chi connectivity index (χ0) is 11.3. The number of carbonyl (C=O) groups is 1. The Morgan fingerprint density at radius 1 is 1.60 bits per heavy atom. The van der Waals surface area contributed by atoms with Crippen LogP contribution in [-0.4, -0.2) is 36.2 Å². The Labute approximate surface area is 101 Å². The number of hydrogen-bond donors (Lipinski definition) is 1. The van der Waals surface area contributed by atoms with E-state index < -0.39 is 0 Å². The smallest absolute Gasteiger partial charge is 0.239 e. The van der Waals surface area contributed by atoms with Crippen LogP contribution in [0.15, 0.2) is 3.92 Å². The summed E-state index contributed by atoms with van der Waals surface area (Å²) in [5, 5.41) is 11.2. The second kappa shape index (κ2) is 6.02. The second-order valence-corrected chi connectivity index (χ2v) is 5.16. The first-order valence-electron chi connectivity index (χ1n) is 4.62. The molecular formula is C8H13BrN4OS. The minimum absolute atomic E-state index is 0.0187. The van der Waals surface area contributed by atoms with Gasteiger partial charge in [0.05, 0.1) is 6.54 Å². The highest BCUT2D eigenvalue weighted by Gasteiger charge is 2.13. The highest BCUT2D eigenvalue weighted by atomic mass is 79.9. The van der Waals surface area contributed by atoms with E-state index in [4.69, 9.17) is 0 Å². The van der Waals surface area contributed by atoms with Crippen LogP contribution in [0, 0.1) is 0 Å². The van der Waals surface area contributed by atoms with Crippen molar-refractivity contribution in [2.45, 2.75) is 13.3 Å². The molecule has 0 bridgehead atoms. The molecule has 7 heteroatoms. The quantitative estimate of drug-likeness (QED) is 0.888. The number of anilines is 1. The fourth-order valence-electron chi connectivity index (χ4n) is 1.09. The molecular weight excluding hydrogens is 280 g/mol. The Bertz CT molecular complexity index is 330. The molecule has 1 N–H and O–H groups in total. The fraction of sp³-hybridized carbons (Fsp3) is 0.625. The van der Waals surface area contributed by atoms with Gasteiger partial charge in [-0.25, -0.2) is 0 Å². The number of hydrogen-bond acceptors (Lipinski definition) is 5. The van der Waals surface area contributed by atoms with Crippen LogP contribution >= 0.6 is 27.3 Å². The lowest BCUT2D eigenvalue weighted by Crippen LogP contribution is -2.36. The van der Waals surface area contributed by atoms with Gasteiger partial charge in [-0.2, -0.15) is 0 Å². The fourth-order valence-corrected chi connectivity index (χ4v) is 2.20. The average molecular weight is 293 g/mol. The molecule has 1 aromatic heterocycles. The van der Waals surface area contributed by atoms with E-state index >= 15 is 0 Å². The van der Waals surface area contributed by atoms with E-state index in [1.165, 1.54) is 11.3 Å². The Kier molecular flexibility index (Phi) is 4.97. The third kappa shape index (κ3) is 3.75. The summed E-state index contributed by atoms with van der Waals surface area (Å²) in [7, 11) is 1.63. The van der Waals surface area contributed by atoms with Gasteiger partial charge in [-0.1, -0.05) is 18.3 Å². The van der Waals surface area contributed by atoms with Crippen LogP contribution in [0.1, 0.15) is 13.3 Å². The standard InChI is InChI=1S/C8H13BrN4OS/c1-3-4-13(5-6(14)10-2)8-12-11-7(9)15-8/h3-5H2,1-2H3,(H,10,14). The van der Waals surface area contributed by atoms with Crippen LogP contribution in [0.4, 0.5) is 5.13 Å². The monoisotopic (exact) mass is 292 g/mol. The minimum Gasteiger partial charge on any atom is -0.358 e. The summed E-state index contributed by atoms with van der Waals surface area (Å²) in [6, 6.07) is 0. The number of likely N-dealkylation sites (N-methyl/N-ethyl adjacent to an activating group) is 1. The zero-order valence-electron chi connectivity index (χ0n) is 8.66. The number of nitrogens with one attached hydrogen (secondary N) is 1. The normalized spacial score (nSPS) is 10.1. The molecule has 0 aliphatic heterocycles. The van der Waals surface area contributed by atoms with E-state index in [2.05, 4.69) is 38.4 Å². The summed E-state index contributed by atoms with van der Waals surface area (Å²) in [5.74, 6) is -0.0187. The lowest BCUT2D eigenvalue weighted by atomic mass is 10.4. The maximum absolute atomic E-state index is 11.3. The van der Waals surface area contributed by atoms with Gasteiger partial charge in [0.25, 0.3) is 0 Å². The van der Waals surface area contributed by atoms with Crippen molar-refractivity contribution in [3.05, 3.63) is 3.92 Å². The molecule has 0 aliphatic carbocycles. The molecule has 0 spiro atoms. The summed E-state index contributed by atoms with van der Waals surface area (Å²) in [6.45, 7) is 3.19. The molecule has 0 unspecified atom stereocenters. The van der Waals surface area contributed by atoms with Gasteiger partial charge in [0.15, 0.2) is 3.92 Å². The first-order chi connectivity index (χ1) is 7.17. The van der Waals surface area contributed by atoms with E-state index in [-0.39, 0.29) is 5.91 Å². The lowest BCUT2D eigenvalue weighted by molar-refractivity contribution is -0.119. The van der Waals surface area contributed by atoms with E-state index in [1.807, 2.05) is 4.90 Å². The van der Waals surface area contributed by atoms with Crippen LogP contribution in [0.2, 0.25) is 0 Å². The molecule has 0 aliphatic rings. The topological polar surface area (TPSA) is 58.1 Å². The van der Waals surface area contributed by atoms with Crippen molar-refractivity contribution in [2.24, 2.45) is 0 Å². The van der Waals surface area contributed by atoms with Crippen molar-refractivity contribution >= 4 is 38.3 Å². The lowest BCUT2D eigenvalue weighted by Gasteiger charge is -2.18. The van der Waals surface area contributed by atoms with Crippen molar-refractivity contribution in [1.82, 2.24) is 15.5 Å². The number of carbonyl (C=O) groups excluding carboxylic acids is 1. The van der Waals surface area contributed by atoms with Gasteiger partial charge in [-0.05, 0) is 22.4 Å². The van der Waals surface area contributed by atoms with Crippen molar-refractivity contribution in [3.63, 3.8) is 0 Å². The second-order valence-electron chi connectivity index (χ2n) is 2.93. The molecule has 0 fully saturated rings. The molecule has 1 amide bonds. The molecule has 5 nitrogen and oxygen atoms in total. The van der Waals surface area contributed by atoms with Crippen molar-refractivity contribution in [3.8, 4) is 0 Å². The van der Waals surface area contributed by atoms with Crippen LogP contribution in [0.5, 0.6) is 0 Å². The molecule has 0 saturated carbocycles. The number of amides is 1. The van der Waals surface area contributed by atoms with Crippen LogP contribution in [0.25, 0.3) is 0 Å². The highest BCUT2D eigenvalue weighted by molar-refractivity contribution is 9.11. The number of rotatable bonds is 5. The van der Waals surface area contributed by atoms with Gasteiger partial charge in [0.2, 0.25) is 11.0 Å². The average Bonchev–Trinajstić information content (AvgIpc) is 2.64. The maximum Gasteiger partial charge on any atom is 0.239 e. The van der Waals surface area contributed by atoms with Crippen LogP contribution in [-0.2, 0) is 4.79 Å². The number of nitrogens with zero attached hydrogens (tertiary/aromatic N) is 3. The third-order valence-electron chi connectivity index (χ3n) is 1.77. The van der Waals surface area contributed by atoms with Gasteiger partial charge < -0.3 is 10.2 Å². The molecule has 0 radical (unpaired) electrons. The minimum atomic E-state index is -0.0187. The molecule has 0 saturated heterocycles. The van der Waals surface area contributed by atoms with Gasteiger partial charge >= 0.3 is 0 Å². The first-order valence-corrected chi connectivity index (χ1v) is 6.22. The Hall–Kier alpha value is -0.690. The van der Waals surface area contributed by atoms with E-state index in [0.717, 1.165) is 22.0 Å². The van der Waals surface area contributed by atoms with Crippen LogP contribution in [0.3, 0.4) is 0 Å². The summed E-state index contributed by atoms with van der Waals surface area (Å²) in [4.78, 5) is 13.2. The molecule has 1 rings (SSSR count). The number of aromatic nitrogens is 2.